The number of carbonyl (C=O) groups is 1. The molecule has 0 N–H and O–H groups in total. The molecule has 0 fully saturated rings. The van der Waals surface area contributed by atoms with Crippen LogP contribution in [0.5, 0.6) is 0 Å². The van der Waals surface area contributed by atoms with E-state index in [0.29, 0.717) is 12.4 Å². The number of ether oxygens (including phenoxy) is 1. The van der Waals surface area contributed by atoms with Crippen LogP contribution in [0.3, 0.4) is 0 Å². The number of hydrogen-bond acceptors (Lipinski definition) is 3. The third-order valence-electron chi connectivity index (χ3n) is 2.21. The van der Waals surface area contributed by atoms with Gasteiger partial charge in [-0.3, -0.25) is 9.00 Å². The van der Waals surface area contributed by atoms with E-state index < -0.39 is 10.8 Å². The van der Waals surface area contributed by atoms with Crippen LogP contribution in [0.1, 0.15) is 25.3 Å². The SMILES string of the molecule is CCCCOC(=O)CS(=O)Cc1ccccc1. The number of esters is 1. The molecule has 0 heterocycles. The van der Waals surface area contributed by atoms with Crippen LogP contribution in [0.15, 0.2) is 30.3 Å². The smallest absolute Gasteiger partial charge is 0.318 e. The van der Waals surface area contributed by atoms with Gasteiger partial charge in [-0.15, -0.1) is 0 Å². The van der Waals surface area contributed by atoms with Gasteiger partial charge < -0.3 is 4.74 Å². The Kier molecular flexibility index (Phi) is 6.55. The molecule has 0 bridgehead atoms. The van der Waals surface area contributed by atoms with Gasteiger partial charge in [0.15, 0.2) is 0 Å². The largest absolute Gasteiger partial charge is 0.465 e. The third kappa shape index (κ3) is 6.22. The van der Waals surface area contributed by atoms with Gasteiger partial charge in [0, 0.05) is 16.6 Å². The van der Waals surface area contributed by atoms with Gasteiger partial charge in [-0.05, 0) is 12.0 Å². The molecule has 94 valence electrons. The van der Waals surface area contributed by atoms with E-state index in [4.69, 9.17) is 4.74 Å². The van der Waals surface area contributed by atoms with Crippen LogP contribution in [-0.2, 0) is 26.1 Å². The first-order chi connectivity index (χ1) is 8.22. The molecule has 0 aliphatic rings. The van der Waals surface area contributed by atoms with E-state index in [1.807, 2.05) is 37.3 Å². The second-order valence-corrected chi connectivity index (χ2v) is 5.25. The van der Waals surface area contributed by atoms with E-state index >= 15 is 0 Å². The highest BCUT2D eigenvalue weighted by atomic mass is 32.2. The summed E-state index contributed by atoms with van der Waals surface area (Å²) in [5.41, 5.74) is 0.979. The summed E-state index contributed by atoms with van der Waals surface area (Å²) >= 11 is 0. The van der Waals surface area contributed by atoms with Crippen LogP contribution in [0.25, 0.3) is 0 Å². The van der Waals surface area contributed by atoms with Gasteiger partial charge in [-0.2, -0.15) is 0 Å². The standard InChI is InChI=1S/C13H18O3S/c1-2-3-9-16-13(14)11-17(15)10-12-7-5-4-6-8-12/h4-8H,2-3,9-11H2,1H3. The fraction of sp³-hybridized carbons (Fsp3) is 0.462. The van der Waals surface area contributed by atoms with E-state index in [9.17, 15) is 9.00 Å². The second kappa shape index (κ2) is 8.01. The van der Waals surface area contributed by atoms with Crippen molar-refractivity contribution >= 4 is 16.8 Å². The highest BCUT2D eigenvalue weighted by Crippen LogP contribution is 2.03. The molecule has 3 nitrogen and oxygen atoms in total. The summed E-state index contributed by atoms with van der Waals surface area (Å²) in [6, 6.07) is 9.50. The van der Waals surface area contributed by atoms with E-state index in [-0.39, 0.29) is 11.7 Å². The van der Waals surface area contributed by atoms with E-state index in [2.05, 4.69) is 0 Å². The van der Waals surface area contributed by atoms with Crippen molar-refractivity contribution in [3.8, 4) is 0 Å². The Morgan fingerprint density at radius 3 is 2.65 bits per heavy atom. The Labute approximate surface area is 105 Å². The van der Waals surface area contributed by atoms with Gasteiger partial charge in [0.1, 0.15) is 5.75 Å². The van der Waals surface area contributed by atoms with Crippen molar-refractivity contribution < 1.29 is 13.7 Å². The van der Waals surface area contributed by atoms with Gasteiger partial charge in [0.05, 0.1) is 6.61 Å². The summed E-state index contributed by atoms with van der Waals surface area (Å²) in [5, 5.41) is 0. The minimum absolute atomic E-state index is 0.0153. The Balaban J connectivity index is 2.27. The van der Waals surface area contributed by atoms with Crippen molar-refractivity contribution in [2.75, 3.05) is 12.4 Å². The van der Waals surface area contributed by atoms with Gasteiger partial charge in [-0.1, -0.05) is 43.7 Å². The molecule has 1 aromatic carbocycles. The van der Waals surface area contributed by atoms with Crippen LogP contribution in [0, 0.1) is 0 Å². The molecule has 0 spiro atoms. The Morgan fingerprint density at radius 2 is 2.00 bits per heavy atom. The minimum atomic E-state index is -1.18. The zero-order chi connectivity index (χ0) is 12.5. The average molecular weight is 254 g/mol. The minimum Gasteiger partial charge on any atom is -0.465 e. The zero-order valence-electron chi connectivity index (χ0n) is 10.1. The van der Waals surface area contributed by atoms with Crippen molar-refractivity contribution in [1.82, 2.24) is 0 Å². The molecule has 0 radical (unpaired) electrons. The zero-order valence-corrected chi connectivity index (χ0v) is 10.9. The Bertz CT molecular complexity index is 362. The highest BCUT2D eigenvalue weighted by Gasteiger charge is 2.09. The lowest BCUT2D eigenvalue weighted by molar-refractivity contribution is -0.140. The molecule has 17 heavy (non-hydrogen) atoms. The van der Waals surface area contributed by atoms with Gasteiger partial charge >= 0.3 is 5.97 Å². The normalized spacial score (nSPS) is 12.1. The maximum absolute atomic E-state index is 11.7. The summed E-state index contributed by atoms with van der Waals surface area (Å²) in [7, 11) is -1.18. The molecule has 0 saturated heterocycles. The fourth-order valence-corrected chi connectivity index (χ4v) is 2.33. The number of hydrogen-bond donors (Lipinski definition) is 0. The van der Waals surface area contributed by atoms with Gasteiger partial charge in [0.2, 0.25) is 0 Å². The molecule has 1 aromatic rings. The van der Waals surface area contributed by atoms with Crippen molar-refractivity contribution in [3.63, 3.8) is 0 Å². The first kappa shape index (κ1) is 13.9. The summed E-state index contributed by atoms with van der Waals surface area (Å²) < 4.78 is 16.6. The number of benzene rings is 1. The van der Waals surface area contributed by atoms with Crippen molar-refractivity contribution in [2.45, 2.75) is 25.5 Å². The van der Waals surface area contributed by atoms with Crippen LogP contribution in [-0.4, -0.2) is 22.5 Å². The summed E-state index contributed by atoms with van der Waals surface area (Å²) in [5.74, 6) is 0.0233. The molecule has 4 heteroatoms. The summed E-state index contributed by atoms with van der Waals surface area (Å²) in [4.78, 5) is 11.3. The van der Waals surface area contributed by atoms with Crippen LogP contribution >= 0.6 is 0 Å². The molecule has 1 unspecified atom stereocenters. The maximum atomic E-state index is 11.7. The topological polar surface area (TPSA) is 43.4 Å². The van der Waals surface area contributed by atoms with Crippen molar-refractivity contribution in [2.24, 2.45) is 0 Å². The molecule has 0 aliphatic heterocycles. The lowest BCUT2D eigenvalue weighted by Gasteiger charge is -2.04. The molecule has 1 atom stereocenters. The summed E-state index contributed by atoms with van der Waals surface area (Å²) in [6.07, 6.45) is 1.84. The maximum Gasteiger partial charge on any atom is 0.318 e. The predicted molar refractivity (Wildman–Crippen MR) is 69.0 cm³/mol. The van der Waals surface area contributed by atoms with E-state index in [1.165, 1.54) is 0 Å². The Morgan fingerprint density at radius 1 is 1.29 bits per heavy atom. The van der Waals surface area contributed by atoms with Crippen molar-refractivity contribution in [1.29, 1.82) is 0 Å². The number of rotatable bonds is 7. The van der Waals surface area contributed by atoms with Crippen molar-refractivity contribution in [3.05, 3.63) is 35.9 Å². The second-order valence-electron chi connectivity index (χ2n) is 3.79. The third-order valence-corrected chi connectivity index (χ3v) is 3.42. The lowest BCUT2D eigenvalue weighted by atomic mass is 10.2. The van der Waals surface area contributed by atoms with Gasteiger partial charge in [0.25, 0.3) is 0 Å². The predicted octanol–water partition coefficient (Wildman–Crippen LogP) is 2.28. The highest BCUT2D eigenvalue weighted by molar-refractivity contribution is 7.84. The monoisotopic (exact) mass is 254 g/mol. The first-order valence-electron chi connectivity index (χ1n) is 5.77. The molecular weight excluding hydrogens is 236 g/mol. The molecule has 0 amide bonds. The Hall–Kier alpha value is -1.16. The molecule has 0 saturated carbocycles. The first-order valence-corrected chi connectivity index (χ1v) is 7.25. The van der Waals surface area contributed by atoms with Crippen LogP contribution in [0.4, 0.5) is 0 Å². The summed E-state index contributed by atoms with van der Waals surface area (Å²) in [6.45, 7) is 2.46. The van der Waals surface area contributed by atoms with Gasteiger partial charge in [-0.25, -0.2) is 0 Å². The fourth-order valence-electron chi connectivity index (χ4n) is 1.31. The molecule has 0 aliphatic carbocycles. The average Bonchev–Trinajstić information content (AvgIpc) is 2.30. The lowest BCUT2D eigenvalue weighted by Crippen LogP contribution is -2.15. The molecular formula is C13H18O3S. The molecule has 1 rings (SSSR count). The quantitative estimate of drug-likeness (QED) is 0.554. The number of carbonyl (C=O) groups excluding carboxylic acids is 1. The van der Waals surface area contributed by atoms with E-state index in [1.54, 1.807) is 0 Å². The van der Waals surface area contributed by atoms with Crippen LogP contribution < -0.4 is 0 Å². The number of unbranched alkanes of at least 4 members (excludes halogenated alkanes) is 1. The molecule has 0 aromatic heterocycles. The van der Waals surface area contributed by atoms with Crippen LogP contribution in [0.2, 0.25) is 0 Å². The van der Waals surface area contributed by atoms with E-state index in [0.717, 1.165) is 18.4 Å².